The number of rotatable bonds is 7. The largest absolute Gasteiger partial charge is 0.401 e. The normalized spacial score (nSPS) is 13.1. The minimum Gasteiger partial charge on any atom is -0.301 e. The Bertz CT molecular complexity index is 181. The Morgan fingerprint density at radius 3 is 2.06 bits per heavy atom. The molecular weight excluding hydrogens is 217 g/mol. The van der Waals surface area contributed by atoms with E-state index < -0.39 is 12.7 Å². The van der Waals surface area contributed by atoms with Crippen LogP contribution in [0.15, 0.2) is 0 Å². The molecule has 0 N–H and O–H groups in total. The van der Waals surface area contributed by atoms with Crippen LogP contribution in [0.25, 0.3) is 0 Å². The second-order valence-electron chi connectivity index (χ2n) is 4.43. The van der Waals surface area contributed by atoms with Gasteiger partial charge in [-0.25, -0.2) is 0 Å². The van der Waals surface area contributed by atoms with E-state index in [9.17, 15) is 13.2 Å². The zero-order chi connectivity index (χ0) is 12.8. The van der Waals surface area contributed by atoms with Crippen LogP contribution in [0.5, 0.6) is 0 Å². The molecule has 0 aromatic carbocycles. The van der Waals surface area contributed by atoms with Gasteiger partial charge in [0.2, 0.25) is 0 Å². The predicted octanol–water partition coefficient (Wildman–Crippen LogP) is 2.60. The van der Waals surface area contributed by atoms with E-state index in [1.807, 2.05) is 0 Å². The van der Waals surface area contributed by atoms with Crippen LogP contribution in [0.3, 0.4) is 0 Å². The predicted molar refractivity (Wildman–Crippen MR) is 60.6 cm³/mol. The molecule has 16 heavy (non-hydrogen) atoms. The Hall–Kier alpha value is -0.290. The third-order valence-electron chi connectivity index (χ3n) is 2.57. The van der Waals surface area contributed by atoms with Crippen LogP contribution in [0.4, 0.5) is 13.2 Å². The first-order chi connectivity index (χ1) is 7.26. The van der Waals surface area contributed by atoms with Gasteiger partial charge < -0.3 is 4.90 Å². The third kappa shape index (κ3) is 7.93. The maximum Gasteiger partial charge on any atom is 0.401 e. The summed E-state index contributed by atoms with van der Waals surface area (Å²) in [5, 5.41) is 0. The molecule has 98 valence electrons. The van der Waals surface area contributed by atoms with Crippen molar-refractivity contribution in [2.45, 2.75) is 39.4 Å². The van der Waals surface area contributed by atoms with Crippen molar-refractivity contribution in [3.8, 4) is 0 Å². The first-order valence-corrected chi connectivity index (χ1v) is 5.75. The number of halogens is 3. The highest BCUT2D eigenvalue weighted by atomic mass is 19.4. The first-order valence-electron chi connectivity index (χ1n) is 5.75. The van der Waals surface area contributed by atoms with Crippen molar-refractivity contribution >= 4 is 0 Å². The summed E-state index contributed by atoms with van der Waals surface area (Å²) in [6, 6.07) is 0.456. The van der Waals surface area contributed by atoms with Gasteiger partial charge in [0.05, 0.1) is 6.54 Å². The number of nitrogens with zero attached hydrogens (tertiary/aromatic N) is 2. The van der Waals surface area contributed by atoms with Gasteiger partial charge in [-0.15, -0.1) is 0 Å². The van der Waals surface area contributed by atoms with Crippen LogP contribution in [0.2, 0.25) is 0 Å². The minimum absolute atomic E-state index is 0.456. The van der Waals surface area contributed by atoms with Crippen molar-refractivity contribution in [2.24, 2.45) is 0 Å². The summed E-state index contributed by atoms with van der Waals surface area (Å²) in [5.74, 6) is 0. The van der Waals surface area contributed by atoms with Gasteiger partial charge >= 0.3 is 6.18 Å². The van der Waals surface area contributed by atoms with Gasteiger partial charge in [-0.2, -0.15) is 13.2 Å². The van der Waals surface area contributed by atoms with Gasteiger partial charge in [-0.3, -0.25) is 4.90 Å². The molecule has 0 saturated carbocycles. The molecule has 0 spiro atoms. The van der Waals surface area contributed by atoms with Gasteiger partial charge in [-0.05, 0) is 47.0 Å². The SMILES string of the molecule is CCN(CCCN(C)CC(F)(F)F)C(C)C. The Morgan fingerprint density at radius 1 is 1.12 bits per heavy atom. The van der Waals surface area contributed by atoms with Crippen molar-refractivity contribution in [1.82, 2.24) is 9.80 Å². The van der Waals surface area contributed by atoms with E-state index in [0.717, 1.165) is 19.5 Å². The van der Waals surface area contributed by atoms with E-state index in [1.165, 1.54) is 11.9 Å². The smallest absolute Gasteiger partial charge is 0.301 e. The van der Waals surface area contributed by atoms with Crippen LogP contribution in [0, 0.1) is 0 Å². The Morgan fingerprint density at radius 2 is 1.69 bits per heavy atom. The lowest BCUT2D eigenvalue weighted by Crippen LogP contribution is -2.36. The van der Waals surface area contributed by atoms with E-state index >= 15 is 0 Å². The average molecular weight is 240 g/mol. The fourth-order valence-corrected chi connectivity index (χ4v) is 1.71. The molecule has 0 aromatic heterocycles. The molecule has 0 rings (SSSR count). The van der Waals surface area contributed by atoms with Crippen LogP contribution in [0.1, 0.15) is 27.2 Å². The lowest BCUT2D eigenvalue weighted by Gasteiger charge is -2.26. The molecule has 0 fully saturated rings. The summed E-state index contributed by atoms with van der Waals surface area (Å²) in [6.45, 7) is 7.74. The Labute approximate surface area is 96.4 Å². The molecular formula is C11H23F3N2. The molecule has 0 aliphatic heterocycles. The third-order valence-corrected chi connectivity index (χ3v) is 2.57. The van der Waals surface area contributed by atoms with E-state index in [1.54, 1.807) is 0 Å². The van der Waals surface area contributed by atoms with Crippen molar-refractivity contribution in [2.75, 3.05) is 33.2 Å². The van der Waals surface area contributed by atoms with Gasteiger partial charge in [0, 0.05) is 6.04 Å². The topological polar surface area (TPSA) is 6.48 Å². The molecule has 0 aromatic rings. The maximum absolute atomic E-state index is 12.0. The number of hydrogen-bond acceptors (Lipinski definition) is 2. The summed E-state index contributed by atoms with van der Waals surface area (Å²) in [6.07, 6.45) is -3.31. The fourth-order valence-electron chi connectivity index (χ4n) is 1.71. The summed E-state index contributed by atoms with van der Waals surface area (Å²) < 4.78 is 36.1. The molecule has 0 aliphatic carbocycles. The number of alkyl halides is 3. The lowest BCUT2D eigenvalue weighted by molar-refractivity contribution is -0.143. The quantitative estimate of drug-likeness (QED) is 0.675. The van der Waals surface area contributed by atoms with Gasteiger partial charge in [-0.1, -0.05) is 6.92 Å². The summed E-state index contributed by atoms with van der Waals surface area (Å²) in [5.41, 5.74) is 0. The standard InChI is InChI=1S/C11H23F3N2/c1-5-16(10(2)3)8-6-7-15(4)9-11(12,13)14/h10H,5-9H2,1-4H3. The van der Waals surface area contributed by atoms with Crippen molar-refractivity contribution in [1.29, 1.82) is 0 Å². The Balaban J connectivity index is 3.72. The fraction of sp³-hybridized carbons (Fsp3) is 1.00. The van der Waals surface area contributed by atoms with Gasteiger partial charge in [0.15, 0.2) is 0 Å². The van der Waals surface area contributed by atoms with E-state index in [0.29, 0.717) is 12.6 Å². The highest BCUT2D eigenvalue weighted by Gasteiger charge is 2.28. The second-order valence-corrected chi connectivity index (χ2v) is 4.43. The highest BCUT2D eigenvalue weighted by molar-refractivity contribution is 4.63. The Kier molecular flexibility index (Phi) is 6.99. The monoisotopic (exact) mass is 240 g/mol. The van der Waals surface area contributed by atoms with E-state index in [4.69, 9.17) is 0 Å². The summed E-state index contributed by atoms with van der Waals surface area (Å²) >= 11 is 0. The van der Waals surface area contributed by atoms with Gasteiger partial charge in [0.25, 0.3) is 0 Å². The first kappa shape index (κ1) is 15.7. The van der Waals surface area contributed by atoms with E-state index in [2.05, 4.69) is 25.7 Å². The molecule has 0 atom stereocenters. The van der Waals surface area contributed by atoms with Gasteiger partial charge in [0.1, 0.15) is 0 Å². The molecule has 5 heteroatoms. The zero-order valence-corrected chi connectivity index (χ0v) is 10.6. The zero-order valence-electron chi connectivity index (χ0n) is 10.6. The second kappa shape index (κ2) is 7.12. The van der Waals surface area contributed by atoms with Crippen molar-refractivity contribution in [3.63, 3.8) is 0 Å². The average Bonchev–Trinajstić information content (AvgIpc) is 2.08. The van der Waals surface area contributed by atoms with Crippen LogP contribution in [-0.4, -0.2) is 55.2 Å². The molecule has 0 amide bonds. The van der Waals surface area contributed by atoms with Crippen LogP contribution in [-0.2, 0) is 0 Å². The summed E-state index contributed by atoms with van der Waals surface area (Å²) in [7, 11) is 1.51. The summed E-state index contributed by atoms with van der Waals surface area (Å²) in [4.78, 5) is 3.58. The molecule has 0 saturated heterocycles. The molecule has 0 bridgehead atoms. The van der Waals surface area contributed by atoms with Crippen molar-refractivity contribution < 1.29 is 13.2 Å². The van der Waals surface area contributed by atoms with Crippen LogP contribution >= 0.6 is 0 Å². The number of hydrogen-bond donors (Lipinski definition) is 0. The lowest BCUT2D eigenvalue weighted by atomic mass is 10.3. The van der Waals surface area contributed by atoms with Crippen molar-refractivity contribution in [3.05, 3.63) is 0 Å². The highest BCUT2D eigenvalue weighted by Crippen LogP contribution is 2.15. The minimum atomic E-state index is -4.09. The molecule has 0 aliphatic rings. The molecule has 0 unspecified atom stereocenters. The van der Waals surface area contributed by atoms with E-state index in [-0.39, 0.29) is 0 Å². The molecule has 2 nitrogen and oxygen atoms in total. The maximum atomic E-state index is 12.0. The molecule has 0 radical (unpaired) electrons. The van der Waals surface area contributed by atoms with Crippen LogP contribution < -0.4 is 0 Å². The molecule has 0 heterocycles.